The molecule has 1 amide bonds. The van der Waals surface area contributed by atoms with E-state index in [4.69, 9.17) is 5.73 Å². The van der Waals surface area contributed by atoms with E-state index in [1.54, 1.807) is 24.3 Å². The molecule has 2 N–H and O–H groups in total. The van der Waals surface area contributed by atoms with Crippen LogP contribution in [0, 0.1) is 5.41 Å². The van der Waals surface area contributed by atoms with Gasteiger partial charge in [-0.25, -0.2) is 0 Å². The predicted molar refractivity (Wildman–Crippen MR) is 78.0 cm³/mol. The molecule has 0 saturated heterocycles. The number of hydrogen-bond donors (Lipinski definition) is 1. The molecule has 1 rings (SSSR count). The molecule has 0 aliphatic heterocycles. The van der Waals surface area contributed by atoms with Crippen molar-refractivity contribution in [3.05, 3.63) is 30.1 Å². The minimum atomic E-state index is -0.503. The number of nitrogens with zero attached hydrogens (tertiary/aromatic N) is 2. The van der Waals surface area contributed by atoms with E-state index in [1.165, 1.54) is 0 Å². The molecular weight excluding hydrogens is 273 g/mol. The zero-order valence-electron chi connectivity index (χ0n) is 10.9. The van der Waals surface area contributed by atoms with Crippen molar-refractivity contribution in [2.75, 3.05) is 13.6 Å². The average Bonchev–Trinajstić information content (AvgIpc) is 2.29. The van der Waals surface area contributed by atoms with Gasteiger partial charge in [-0.15, -0.1) is 24.8 Å². The van der Waals surface area contributed by atoms with Gasteiger partial charge in [0.2, 0.25) is 5.91 Å². The predicted octanol–water partition coefficient (Wildman–Crippen LogP) is 1.87. The third-order valence-electron chi connectivity index (χ3n) is 2.58. The van der Waals surface area contributed by atoms with Crippen LogP contribution in [0.3, 0.4) is 0 Å². The van der Waals surface area contributed by atoms with Gasteiger partial charge in [0.05, 0.1) is 5.41 Å². The molecule has 18 heavy (non-hydrogen) atoms. The van der Waals surface area contributed by atoms with E-state index in [9.17, 15) is 4.79 Å². The molecule has 0 aromatic carbocycles. The smallest absolute Gasteiger partial charge is 0.229 e. The van der Waals surface area contributed by atoms with Gasteiger partial charge in [0.15, 0.2) is 0 Å². The maximum absolute atomic E-state index is 12.0. The summed E-state index contributed by atoms with van der Waals surface area (Å²) in [4.78, 5) is 17.7. The fraction of sp³-hybridized carbons (Fsp3) is 0.500. The number of hydrogen-bond acceptors (Lipinski definition) is 3. The standard InChI is InChI=1S/C12H19N3O.2ClH/c1-12(2,9-13)11(16)15(3)8-10-5-4-6-14-7-10;;/h4-7H,8-9,13H2,1-3H3;2*1H. The van der Waals surface area contributed by atoms with Crippen molar-refractivity contribution < 1.29 is 4.79 Å². The molecule has 1 aromatic rings. The quantitative estimate of drug-likeness (QED) is 0.922. The highest BCUT2D eigenvalue weighted by Gasteiger charge is 2.28. The number of carbonyl (C=O) groups is 1. The topological polar surface area (TPSA) is 59.2 Å². The minimum Gasteiger partial charge on any atom is -0.341 e. The molecule has 1 heterocycles. The van der Waals surface area contributed by atoms with Crippen LogP contribution in [0.25, 0.3) is 0 Å². The molecule has 104 valence electrons. The summed E-state index contributed by atoms with van der Waals surface area (Å²) < 4.78 is 0. The summed E-state index contributed by atoms with van der Waals surface area (Å²) in [6.07, 6.45) is 3.48. The molecule has 0 spiro atoms. The zero-order chi connectivity index (χ0) is 12.2. The Morgan fingerprint density at radius 2 is 2.06 bits per heavy atom. The Bertz CT molecular complexity index is 358. The van der Waals surface area contributed by atoms with Gasteiger partial charge in [0, 0.05) is 32.5 Å². The van der Waals surface area contributed by atoms with E-state index < -0.39 is 5.41 Å². The van der Waals surface area contributed by atoms with Crippen molar-refractivity contribution in [3.8, 4) is 0 Å². The van der Waals surface area contributed by atoms with Crippen LogP contribution >= 0.6 is 24.8 Å². The van der Waals surface area contributed by atoms with Crippen LogP contribution in [-0.4, -0.2) is 29.4 Å². The van der Waals surface area contributed by atoms with Crippen molar-refractivity contribution >= 4 is 30.7 Å². The number of aromatic nitrogens is 1. The molecule has 0 radical (unpaired) electrons. The summed E-state index contributed by atoms with van der Waals surface area (Å²) in [6, 6.07) is 3.81. The molecule has 4 nitrogen and oxygen atoms in total. The Balaban J connectivity index is 0. The van der Waals surface area contributed by atoms with Crippen molar-refractivity contribution in [2.45, 2.75) is 20.4 Å². The first-order chi connectivity index (χ1) is 7.47. The third kappa shape index (κ3) is 5.21. The van der Waals surface area contributed by atoms with E-state index in [1.807, 2.05) is 26.0 Å². The number of amides is 1. The molecule has 6 heteroatoms. The number of halogens is 2. The summed E-state index contributed by atoms with van der Waals surface area (Å²) in [6.45, 7) is 4.63. The normalized spacial score (nSPS) is 10.0. The van der Waals surface area contributed by atoms with Gasteiger partial charge in [0.25, 0.3) is 0 Å². The van der Waals surface area contributed by atoms with Gasteiger partial charge in [-0.2, -0.15) is 0 Å². The van der Waals surface area contributed by atoms with Gasteiger partial charge in [-0.3, -0.25) is 9.78 Å². The monoisotopic (exact) mass is 293 g/mol. The first-order valence-electron chi connectivity index (χ1n) is 5.32. The molecule has 0 atom stereocenters. The minimum absolute atomic E-state index is 0. The van der Waals surface area contributed by atoms with Crippen LogP contribution in [0.4, 0.5) is 0 Å². The lowest BCUT2D eigenvalue weighted by molar-refractivity contribution is -0.139. The van der Waals surface area contributed by atoms with Crippen LogP contribution in [-0.2, 0) is 11.3 Å². The van der Waals surface area contributed by atoms with Gasteiger partial charge < -0.3 is 10.6 Å². The van der Waals surface area contributed by atoms with E-state index in [-0.39, 0.29) is 30.7 Å². The first kappa shape index (κ1) is 19.5. The van der Waals surface area contributed by atoms with E-state index in [0.717, 1.165) is 5.56 Å². The van der Waals surface area contributed by atoms with Gasteiger partial charge in [-0.1, -0.05) is 6.07 Å². The Hall–Kier alpha value is -0.840. The molecule has 0 bridgehead atoms. The Morgan fingerprint density at radius 1 is 1.44 bits per heavy atom. The summed E-state index contributed by atoms with van der Waals surface area (Å²) in [5.41, 5.74) is 6.10. The number of pyridine rings is 1. The molecule has 1 aromatic heterocycles. The highest BCUT2D eigenvalue weighted by Crippen LogP contribution is 2.17. The first-order valence-corrected chi connectivity index (χ1v) is 5.32. The Labute approximate surface area is 121 Å². The summed E-state index contributed by atoms with van der Waals surface area (Å²) in [7, 11) is 1.78. The van der Waals surface area contributed by atoms with Crippen LogP contribution in [0.2, 0.25) is 0 Å². The van der Waals surface area contributed by atoms with Crippen LogP contribution < -0.4 is 5.73 Å². The maximum atomic E-state index is 12.0. The van der Waals surface area contributed by atoms with Crippen LogP contribution in [0.1, 0.15) is 19.4 Å². The largest absolute Gasteiger partial charge is 0.341 e. The molecule has 0 saturated carbocycles. The zero-order valence-corrected chi connectivity index (χ0v) is 12.6. The van der Waals surface area contributed by atoms with Crippen molar-refractivity contribution in [1.29, 1.82) is 0 Å². The highest BCUT2D eigenvalue weighted by molar-refractivity contribution is 5.85. The van der Waals surface area contributed by atoms with E-state index in [0.29, 0.717) is 13.1 Å². The maximum Gasteiger partial charge on any atom is 0.229 e. The lowest BCUT2D eigenvalue weighted by Crippen LogP contribution is -2.42. The van der Waals surface area contributed by atoms with Gasteiger partial charge in [-0.05, 0) is 25.5 Å². The molecule has 0 aliphatic rings. The second-order valence-corrected chi connectivity index (χ2v) is 4.61. The lowest BCUT2D eigenvalue weighted by Gasteiger charge is -2.28. The summed E-state index contributed by atoms with van der Waals surface area (Å²) >= 11 is 0. The molecule has 0 unspecified atom stereocenters. The van der Waals surface area contributed by atoms with Gasteiger partial charge in [0.1, 0.15) is 0 Å². The number of nitrogens with two attached hydrogens (primary N) is 1. The Kier molecular flexibility index (Phi) is 8.99. The highest BCUT2D eigenvalue weighted by atomic mass is 35.5. The van der Waals surface area contributed by atoms with E-state index >= 15 is 0 Å². The fourth-order valence-corrected chi connectivity index (χ4v) is 1.44. The molecule has 0 aliphatic carbocycles. The third-order valence-corrected chi connectivity index (χ3v) is 2.58. The molecule has 0 fully saturated rings. The van der Waals surface area contributed by atoms with E-state index in [2.05, 4.69) is 4.98 Å². The SMILES string of the molecule is CN(Cc1cccnc1)C(=O)C(C)(C)CN.Cl.Cl. The number of carbonyl (C=O) groups excluding carboxylic acids is 1. The second kappa shape index (κ2) is 8.29. The summed E-state index contributed by atoms with van der Waals surface area (Å²) in [5.74, 6) is 0.0545. The van der Waals surface area contributed by atoms with Gasteiger partial charge >= 0.3 is 0 Å². The lowest BCUT2D eigenvalue weighted by atomic mass is 9.92. The van der Waals surface area contributed by atoms with Crippen LogP contribution in [0.5, 0.6) is 0 Å². The van der Waals surface area contributed by atoms with Crippen LogP contribution in [0.15, 0.2) is 24.5 Å². The van der Waals surface area contributed by atoms with Crippen molar-refractivity contribution in [3.63, 3.8) is 0 Å². The Morgan fingerprint density at radius 3 is 2.50 bits per heavy atom. The molecular formula is C12H21Cl2N3O. The fourth-order valence-electron chi connectivity index (χ4n) is 1.44. The van der Waals surface area contributed by atoms with Crippen molar-refractivity contribution in [2.24, 2.45) is 11.1 Å². The second-order valence-electron chi connectivity index (χ2n) is 4.61. The van der Waals surface area contributed by atoms with Crippen molar-refractivity contribution in [1.82, 2.24) is 9.88 Å². The average molecular weight is 294 g/mol. The summed E-state index contributed by atoms with van der Waals surface area (Å²) in [5, 5.41) is 0. The number of rotatable bonds is 4.